The lowest BCUT2D eigenvalue weighted by molar-refractivity contribution is 0.548. The number of thiazole rings is 1. The Balaban J connectivity index is 1.89. The second-order valence-electron chi connectivity index (χ2n) is 4.86. The summed E-state index contributed by atoms with van der Waals surface area (Å²) in [5.41, 5.74) is 2.32. The zero-order chi connectivity index (χ0) is 13.9. The molecule has 0 bridgehead atoms. The molecular weight excluding hydrogens is 268 g/mol. The van der Waals surface area contributed by atoms with Gasteiger partial charge >= 0.3 is 0 Å². The molecule has 4 nitrogen and oxygen atoms in total. The zero-order valence-corrected chi connectivity index (χ0v) is 12.5. The lowest BCUT2D eigenvalue weighted by Gasteiger charge is -2.14. The fourth-order valence-corrected chi connectivity index (χ4v) is 3.39. The van der Waals surface area contributed by atoms with Crippen molar-refractivity contribution in [2.75, 3.05) is 6.54 Å². The summed E-state index contributed by atoms with van der Waals surface area (Å²) in [5, 5.41) is 8.92. The molecule has 1 atom stereocenters. The first kappa shape index (κ1) is 13.3. The molecule has 0 aliphatic heterocycles. The molecule has 3 aromatic rings. The third-order valence-corrected chi connectivity index (χ3v) is 4.41. The van der Waals surface area contributed by atoms with E-state index in [1.807, 2.05) is 24.0 Å². The number of benzene rings is 1. The molecule has 0 saturated carbocycles. The van der Waals surface area contributed by atoms with Gasteiger partial charge in [-0.05, 0) is 30.7 Å². The van der Waals surface area contributed by atoms with Gasteiger partial charge in [-0.15, -0.1) is 11.3 Å². The van der Waals surface area contributed by atoms with E-state index in [2.05, 4.69) is 41.7 Å². The summed E-state index contributed by atoms with van der Waals surface area (Å²) in [6, 6.07) is 8.55. The minimum absolute atomic E-state index is 0.251. The van der Waals surface area contributed by atoms with Gasteiger partial charge in [0.25, 0.3) is 0 Å². The highest BCUT2D eigenvalue weighted by molar-refractivity contribution is 7.18. The van der Waals surface area contributed by atoms with E-state index in [1.54, 1.807) is 11.3 Å². The van der Waals surface area contributed by atoms with Gasteiger partial charge in [0.15, 0.2) is 0 Å². The minimum atomic E-state index is 0.251. The molecule has 5 heteroatoms. The molecule has 1 aromatic carbocycles. The highest BCUT2D eigenvalue weighted by atomic mass is 32.1. The number of aromatic nitrogens is 3. The number of para-hydroxylation sites is 1. The van der Waals surface area contributed by atoms with Crippen LogP contribution < -0.4 is 5.32 Å². The highest BCUT2D eigenvalue weighted by Crippen LogP contribution is 2.28. The SMILES string of the molecule is CCNC(Cc1cnn(C)c1)c1nc2ccccc2s1. The van der Waals surface area contributed by atoms with Crippen LogP contribution in [0, 0.1) is 0 Å². The second kappa shape index (κ2) is 5.73. The molecule has 1 N–H and O–H groups in total. The van der Waals surface area contributed by atoms with Crippen molar-refractivity contribution in [1.82, 2.24) is 20.1 Å². The van der Waals surface area contributed by atoms with Gasteiger partial charge < -0.3 is 5.32 Å². The van der Waals surface area contributed by atoms with Crippen LogP contribution in [0.15, 0.2) is 36.7 Å². The number of aryl methyl sites for hydroxylation is 1. The Labute approximate surface area is 122 Å². The molecule has 2 heterocycles. The van der Waals surface area contributed by atoms with Gasteiger partial charge in [0.1, 0.15) is 5.01 Å². The third kappa shape index (κ3) is 2.73. The summed E-state index contributed by atoms with van der Waals surface area (Å²) in [7, 11) is 1.95. The van der Waals surface area contributed by atoms with Crippen molar-refractivity contribution < 1.29 is 0 Å². The maximum atomic E-state index is 4.76. The number of fused-ring (bicyclic) bond motifs is 1. The summed E-state index contributed by atoms with van der Waals surface area (Å²) in [6.45, 7) is 3.06. The van der Waals surface area contributed by atoms with E-state index in [0.29, 0.717) is 0 Å². The van der Waals surface area contributed by atoms with Crippen molar-refractivity contribution in [3.63, 3.8) is 0 Å². The van der Waals surface area contributed by atoms with Crippen LogP contribution >= 0.6 is 11.3 Å². The van der Waals surface area contributed by atoms with E-state index in [1.165, 1.54) is 10.3 Å². The fraction of sp³-hybridized carbons (Fsp3) is 0.333. The van der Waals surface area contributed by atoms with Gasteiger partial charge in [0, 0.05) is 13.2 Å². The first-order valence-corrected chi connectivity index (χ1v) is 7.64. The Morgan fingerprint density at radius 1 is 1.35 bits per heavy atom. The van der Waals surface area contributed by atoms with Gasteiger partial charge in [0.2, 0.25) is 0 Å². The normalized spacial score (nSPS) is 12.9. The van der Waals surface area contributed by atoms with Crippen molar-refractivity contribution in [2.24, 2.45) is 7.05 Å². The van der Waals surface area contributed by atoms with Crippen LogP contribution in [0.25, 0.3) is 10.2 Å². The number of rotatable bonds is 5. The Kier molecular flexibility index (Phi) is 3.80. The molecule has 0 radical (unpaired) electrons. The summed E-state index contributed by atoms with van der Waals surface area (Å²) in [6.07, 6.45) is 4.91. The summed E-state index contributed by atoms with van der Waals surface area (Å²) < 4.78 is 3.09. The van der Waals surface area contributed by atoms with Crippen LogP contribution in [-0.2, 0) is 13.5 Å². The summed E-state index contributed by atoms with van der Waals surface area (Å²) >= 11 is 1.77. The van der Waals surface area contributed by atoms with Crippen LogP contribution in [-0.4, -0.2) is 21.3 Å². The second-order valence-corrected chi connectivity index (χ2v) is 5.92. The Morgan fingerprint density at radius 3 is 2.90 bits per heavy atom. The molecule has 0 fully saturated rings. The molecule has 20 heavy (non-hydrogen) atoms. The van der Waals surface area contributed by atoms with Gasteiger partial charge in [-0.1, -0.05) is 19.1 Å². The predicted octanol–water partition coefficient (Wildman–Crippen LogP) is 2.92. The molecule has 3 rings (SSSR count). The summed E-state index contributed by atoms with van der Waals surface area (Å²) in [5.74, 6) is 0. The Bertz CT molecular complexity index is 668. The standard InChI is InChI=1S/C15H18N4S/c1-3-16-13(8-11-9-17-19(2)10-11)15-18-12-6-4-5-7-14(12)20-15/h4-7,9-10,13,16H,3,8H2,1-2H3. The number of hydrogen-bond donors (Lipinski definition) is 1. The van der Waals surface area contributed by atoms with E-state index in [4.69, 9.17) is 4.98 Å². The Morgan fingerprint density at radius 2 is 2.20 bits per heavy atom. The van der Waals surface area contributed by atoms with Crippen LogP contribution in [0.4, 0.5) is 0 Å². The number of nitrogens with zero attached hydrogens (tertiary/aromatic N) is 3. The van der Waals surface area contributed by atoms with E-state index in [0.717, 1.165) is 23.5 Å². The van der Waals surface area contributed by atoms with E-state index in [9.17, 15) is 0 Å². The fourth-order valence-electron chi connectivity index (χ4n) is 2.35. The van der Waals surface area contributed by atoms with Gasteiger partial charge in [-0.2, -0.15) is 5.10 Å². The molecule has 0 amide bonds. The molecule has 0 spiro atoms. The van der Waals surface area contributed by atoms with Crippen molar-refractivity contribution in [2.45, 2.75) is 19.4 Å². The maximum Gasteiger partial charge on any atom is 0.111 e. The predicted molar refractivity (Wildman–Crippen MR) is 82.9 cm³/mol. The molecular formula is C15H18N4S. The maximum absolute atomic E-state index is 4.76. The number of nitrogens with one attached hydrogen (secondary N) is 1. The van der Waals surface area contributed by atoms with Crippen molar-refractivity contribution >= 4 is 21.6 Å². The zero-order valence-electron chi connectivity index (χ0n) is 11.7. The van der Waals surface area contributed by atoms with Crippen molar-refractivity contribution in [3.05, 3.63) is 47.2 Å². The van der Waals surface area contributed by atoms with Gasteiger partial charge in [-0.3, -0.25) is 4.68 Å². The topological polar surface area (TPSA) is 42.7 Å². The monoisotopic (exact) mass is 286 g/mol. The molecule has 0 saturated heterocycles. The molecule has 0 aliphatic carbocycles. The van der Waals surface area contributed by atoms with Crippen LogP contribution in [0.2, 0.25) is 0 Å². The van der Waals surface area contributed by atoms with E-state index < -0.39 is 0 Å². The van der Waals surface area contributed by atoms with E-state index in [-0.39, 0.29) is 6.04 Å². The van der Waals surface area contributed by atoms with Gasteiger partial charge in [-0.25, -0.2) is 4.98 Å². The van der Waals surface area contributed by atoms with E-state index >= 15 is 0 Å². The van der Waals surface area contributed by atoms with Crippen LogP contribution in [0.3, 0.4) is 0 Å². The lowest BCUT2D eigenvalue weighted by Crippen LogP contribution is -2.22. The van der Waals surface area contributed by atoms with Gasteiger partial charge in [0.05, 0.1) is 22.5 Å². The number of likely N-dealkylation sites (N-methyl/N-ethyl adjacent to an activating group) is 1. The highest BCUT2D eigenvalue weighted by Gasteiger charge is 2.16. The molecule has 2 aromatic heterocycles. The summed E-state index contributed by atoms with van der Waals surface area (Å²) in [4.78, 5) is 4.76. The molecule has 0 aliphatic rings. The van der Waals surface area contributed by atoms with Crippen LogP contribution in [0.5, 0.6) is 0 Å². The van der Waals surface area contributed by atoms with Crippen LogP contribution in [0.1, 0.15) is 23.5 Å². The molecule has 104 valence electrons. The van der Waals surface area contributed by atoms with Crippen molar-refractivity contribution in [1.29, 1.82) is 0 Å². The Hall–Kier alpha value is -1.72. The largest absolute Gasteiger partial charge is 0.308 e. The number of hydrogen-bond acceptors (Lipinski definition) is 4. The lowest BCUT2D eigenvalue weighted by atomic mass is 10.1. The minimum Gasteiger partial charge on any atom is -0.308 e. The smallest absolute Gasteiger partial charge is 0.111 e. The first-order chi connectivity index (χ1) is 9.76. The average Bonchev–Trinajstić information content (AvgIpc) is 3.04. The quantitative estimate of drug-likeness (QED) is 0.784. The first-order valence-electron chi connectivity index (χ1n) is 6.82. The average molecular weight is 286 g/mol. The third-order valence-electron chi connectivity index (χ3n) is 3.26. The van der Waals surface area contributed by atoms with Crippen molar-refractivity contribution in [3.8, 4) is 0 Å². The molecule has 1 unspecified atom stereocenters.